The van der Waals surface area contributed by atoms with E-state index in [0.717, 1.165) is 31.0 Å². The second-order valence-electron chi connectivity index (χ2n) is 6.76. The van der Waals surface area contributed by atoms with Crippen LogP contribution in [0, 0.1) is 17.6 Å². The van der Waals surface area contributed by atoms with E-state index >= 15 is 0 Å². The highest BCUT2D eigenvalue weighted by atomic mass is 19.1. The smallest absolute Gasteiger partial charge is 0.239 e. The maximum absolute atomic E-state index is 13.2. The molecule has 2 amide bonds. The second kappa shape index (κ2) is 8.38. The molecular weight excluding hydrogens is 328 g/mol. The van der Waals surface area contributed by atoms with Crippen LogP contribution in [0.25, 0.3) is 0 Å². The molecule has 2 unspecified atom stereocenters. The summed E-state index contributed by atoms with van der Waals surface area (Å²) in [7, 11) is 0. The molecule has 0 radical (unpaired) electrons. The van der Waals surface area contributed by atoms with E-state index in [1.54, 1.807) is 11.8 Å². The Hall–Kier alpha value is -2.02. The highest BCUT2D eigenvalue weighted by Crippen LogP contribution is 2.21. The van der Waals surface area contributed by atoms with Crippen molar-refractivity contribution in [2.24, 2.45) is 11.7 Å². The lowest BCUT2D eigenvalue weighted by molar-refractivity contribution is -0.134. The summed E-state index contributed by atoms with van der Waals surface area (Å²) in [5, 5.41) is 2.89. The van der Waals surface area contributed by atoms with Gasteiger partial charge in [0.2, 0.25) is 11.8 Å². The molecule has 7 heteroatoms. The van der Waals surface area contributed by atoms with Gasteiger partial charge >= 0.3 is 0 Å². The predicted octanol–water partition coefficient (Wildman–Crippen LogP) is 1.60. The average molecular weight is 353 g/mol. The van der Waals surface area contributed by atoms with E-state index in [9.17, 15) is 18.4 Å². The van der Waals surface area contributed by atoms with E-state index in [2.05, 4.69) is 5.32 Å². The second-order valence-corrected chi connectivity index (χ2v) is 6.76. The van der Waals surface area contributed by atoms with Crippen molar-refractivity contribution in [1.82, 2.24) is 10.2 Å². The summed E-state index contributed by atoms with van der Waals surface area (Å²) in [5.41, 5.74) is 5.93. The summed E-state index contributed by atoms with van der Waals surface area (Å²) < 4.78 is 26.4. The minimum absolute atomic E-state index is 0.0525. The number of piperidine rings is 1. The molecule has 1 fully saturated rings. The number of hydrogen-bond acceptors (Lipinski definition) is 3. The number of hydrogen-bond donors (Lipinski definition) is 2. The van der Waals surface area contributed by atoms with Crippen molar-refractivity contribution >= 4 is 11.8 Å². The van der Waals surface area contributed by atoms with Crippen LogP contribution >= 0.6 is 0 Å². The fraction of sp³-hybridized carbons (Fsp3) is 0.556. The minimum atomic E-state index is -0.693. The number of likely N-dealkylation sites (tertiary alicyclic amines) is 1. The van der Waals surface area contributed by atoms with Gasteiger partial charge in [0.15, 0.2) is 0 Å². The van der Waals surface area contributed by atoms with E-state index in [4.69, 9.17) is 5.73 Å². The molecule has 2 atom stereocenters. The molecule has 1 saturated heterocycles. The summed E-state index contributed by atoms with van der Waals surface area (Å²) in [4.78, 5) is 25.7. The van der Waals surface area contributed by atoms with Gasteiger partial charge in [0.05, 0.1) is 12.5 Å². The van der Waals surface area contributed by atoms with Crippen LogP contribution in [0.15, 0.2) is 18.2 Å². The lowest BCUT2D eigenvalue weighted by Crippen LogP contribution is -2.49. The lowest BCUT2D eigenvalue weighted by Gasteiger charge is -2.35. The molecular formula is C18H25F2N3O2. The normalized spacial score (nSPS) is 17.9. The van der Waals surface area contributed by atoms with Crippen LogP contribution in [0.1, 0.15) is 32.3 Å². The number of halogens is 2. The van der Waals surface area contributed by atoms with Gasteiger partial charge in [-0.05, 0) is 50.3 Å². The van der Waals surface area contributed by atoms with Gasteiger partial charge < -0.3 is 16.0 Å². The summed E-state index contributed by atoms with van der Waals surface area (Å²) >= 11 is 0. The third kappa shape index (κ3) is 5.49. The fourth-order valence-electron chi connectivity index (χ4n) is 3.23. The Balaban J connectivity index is 1.83. The minimum Gasteiger partial charge on any atom is -0.353 e. The number of benzene rings is 1. The highest BCUT2D eigenvalue weighted by molar-refractivity contribution is 5.81. The Morgan fingerprint density at radius 3 is 2.28 bits per heavy atom. The third-order valence-electron chi connectivity index (χ3n) is 4.62. The molecule has 1 aliphatic rings. The number of nitrogens with one attached hydrogen (secondary N) is 1. The lowest BCUT2D eigenvalue weighted by atomic mass is 9.90. The van der Waals surface area contributed by atoms with Crippen LogP contribution in [0.4, 0.5) is 8.78 Å². The standard InChI is InChI=1S/C18H25F2N3O2/c1-11(21)18(25)23-5-3-14(4-6-23)12(2)22-17(24)9-13-7-15(19)10-16(20)8-13/h7-8,10-12,14H,3-6,9,21H2,1-2H3,(H,22,24). The molecule has 0 bridgehead atoms. The number of nitrogens with two attached hydrogens (primary N) is 1. The highest BCUT2D eigenvalue weighted by Gasteiger charge is 2.28. The molecule has 5 nitrogen and oxygen atoms in total. The van der Waals surface area contributed by atoms with Crippen LogP contribution in [0.2, 0.25) is 0 Å². The van der Waals surface area contributed by atoms with Crippen molar-refractivity contribution in [3.63, 3.8) is 0 Å². The Bertz CT molecular complexity index is 608. The predicted molar refractivity (Wildman–Crippen MR) is 90.6 cm³/mol. The molecule has 25 heavy (non-hydrogen) atoms. The van der Waals surface area contributed by atoms with Crippen LogP contribution < -0.4 is 11.1 Å². The van der Waals surface area contributed by atoms with Crippen LogP contribution in [0.5, 0.6) is 0 Å². The molecule has 0 saturated carbocycles. The Kier molecular flexibility index (Phi) is 6.47. The van der Waals surface area contributed by atoms with Crippen molar-refractivity contribution in [3.05, 3.63) is 35.4 Å². The Morgan fingerprint density at radius 2 is 1.76 bits per heavy atom. The number of nitrogens with zero attached hydrogens (tertiary/aromatic N) is 1. The topological polar surface area (TPSA) is 75.4 Å². The first-order valence-electron chi connectivity index (χ1n) is 8.55. The van der Waals surface area contributed by atoms with Gasteiger partial charge in [-0.15, -0.1) is 0 Å². The van der Waals surface area contributed by atoms with Gasteiger partial charge in [-0.1, -0.05) is 0 Å². The van der Waals surface area contributed by atoms with Crippen molar-refractivity contribution in [3.8, 4) is 0 Å². The molecule has 1 aromatic carbocycles. The van der Waals surface area contributed by atoms with Gasteiger partial charge in [-0.3, -0.25) is 9.59 Å². The Labute approximate surface area is 146 Å². The first-order chi connectivity index (χ1) is 11.8. The number of carbonyl (C=O) groups excluding carboxylic acids is 2. The van der Waals surface area contributed by atoms with Crippen molar-refractivity contribution in [2.45, 2.75) is 45.2 Å². The maximum atomic E-state index is 13.2. The van der Waals surface area contributed by atoms with Gasteiger partial charge in [0, 0.05) is 25.2 Å². The van der Waals surface area contributed by atoms with Crippen molar-refractivity contribution in [1.29, 1.82) is 0 Å². The summed E-state index contributed by atoms with van der Waals surface area (Å²) in [6, 6.07) is 2.52. The SMILES string of the molecule is CC(N)C(=O)N1CCC(C(C)NC(=O)Cc2cc(F)cc(F)c2)CC1. The number of amides is 2. The molecule has 1 aliphatic heterocycles. The Morgan fingerprint density at radius 1 is 1.20 bits per heavy atom. The van der Waals surface area contributed by atoms with Gasteiger partial charge in [0.1, 0.15) is 11.6 Å². The van der Waals surface area contributed by atoms with Crippen molar-refractivity contribution < 1.29 is 18.4 Å². The summed E-state index contributed by atoms with van der Waals surface area (Å²) in [5.74, 6) is -1.45. The summed E-state index contributed by atoms with van der Waals surface area (Å²) in [6.45, 7) is 4.84. The third-order valence-corrected chi connectivity index (χ3v) is 4.62. The molecule has 1 heterocycles. The zero-order valence-corrected chi connectivity index (χ0v) is 14.6. The van der Waals surface area contributed by atoms with Crippen LogP contribution in [-0.2, 0) is 16.0 Å². The molecule has 1 aromatic rings. The molecule has 3 N–H and O–H groups in total. The van der Waals surface area contributed by atoms with Gasteiger partial charge in [-0.2, -0.15) is 0 Å². The fourth-order valence-corrected chi connectivity index (χ4v) is 3.23. The molecule has 0 aromatic heterocycles. The van der Waals surface area contributed by atoms with E-state index in [0.29, 0.717) is 18.7 Å². The zero-order chi connectivity index (χ0) is 18.6. The molecule has 2 rings (SSSR count). The number of carbonyl (C=O) groups is 2. The van der Waals surface area contributed by atoms with E-state index in [1.165, 1.54) is 0 Å². The average Bonchev–Trinajstić information content (AvgIpc) is 2.53. The van der Waals surface area contributed by atoms with Crippen molar-refractivity contribution in [2.75, 3.05) is 13.1 Å². The van der Waals surface area contributed by atoms with Crippen LogP contribution in [0.3, 0.4) is 0 Å². The molecule has 0 spiro atoms. The quantitative estimate of drug-likeness (QED) is 0.844. The van der Waals surface area contributed by atoms with Crippen LogP contribution in [-0.4, -0.2) is 41.9 Å². The summed E-state index contributed by atoms with van der Waals surface area (Å²) in [6.07, 6.45) is 1.50. The zero-order valence-electron chi connectivity index (χ0n) is 14.6. The van der Waals surface area contributed by atoms with Gasteiger partial charge in [-0.25, -0.2) is 8.78 Å². The van der Waals surface area contributed by atoms with E-state index in [1.807, 2.05) is 6.92 Å². The maximum Gasteiger partial charge on any atom is 0.239 e. The molecule has 0 aliphatic carbocycles. The monoisotopic (exact) mass is 353 g/mol. The number of rotatable bonds is 5. The van der Waals surface area contributed by atoms with E-state index in [-0.39, 0.29) is 30.2 Å². The molecule has 138 valence electrons. The van der Waals surface area contributed by atoms with E-state index < -0.39 is 17.7 Å². The largest absolute Gasteiger partial charge is 0.353 e. The first kappa shape index (κ1) is 19.3. The van der Waals surface area contributed by atoms with Gasteiger partial charge in [0.25, 0.3) is 0 Å². The first-order valence-corrected chi connectivity index (χ1v) is 8.55.